The number of carbonyl (C=O) groups is 1. The van der Waals surface area contributed by atoms with E-state index >= 15 is 0 Å². The number of carbonyl (C=O) groups excluding carboxylic acids is 1. The van der Waals surface area contributed by atoms with Gasteiger partial charge in [0.1, 0.15) is 11.6 Å². The Morgan fingerprint density at radius 2 is 2.29 bits per heavy atom. The molecule has 0 spiro atoms. The Kier molecular flexibility index (Phi) is 5.17. The quantitative estimate of drug-likeness (QED) is 0.770. The molecule has 3 rings (SSSR count). The first-order valence-electron chi connectivity index (χ1n) is 8.22. The molecule has 8 heteroatoms. The second-order valence-electron chi connectivity index (χ2n) is 6.04. The number of aromatic hydroxyl groups is 1. The zero-order valence-corrected chi connectivity index (χ0v) is 13.7. The van der Waals surface area contributed by atoms with Crippen molar-refractivity contribution in [3.05, 3.63) is 17.8 Å². The number of anilines is 1. The molecule has 1 fully saturated rings. The third kappa shape index (κ3) is 3.45. The number of fused-ring (bicyclic) bond motifs is 1. The molecule has 1 amide bonds. The number of aromatic nitrogens is 1. The molecule has 0 radical (unpaired) electrons. The van der Waals surface area contributed by atoms with Crippen molar-refractivity contribution >= 4 is 11.7 Å². The van der Waals surface area contributed by atoms with Crippen molar-refractivity contribution in [3.63, 3.8) is 0 Å². The van der Waals surface area contributed by atoms with Crippen LogP contribution in [0.3, 0.4) is 0 Å². The van der Waals surface area contributed by atoms with E-state index in [9.17, 15) is 15.0 Å². The summed E-state index contributed by atoms with van der Waals surface area (Å²) in [6, 6.07) is 1.37. The van der Waals surface area contributed by atoms with Gasteiger partial charge in [-0.25, -0.2) is 4.98 Å². The standard InChI is InChI=1S/C16H23N3O5/c1-18-14-12(9-11(20)10-17-14)15(21)19(16(18)22)6-4-8-24-13-5-2-3-7-23-13/h9-10,13,16,20,22H,2-8H2,1H3. The number of pyridine rings is 1. The highest BCUT2D eigenvalue weighted by molar-refractivity contribution is 6.01. The van der Waals surface area contributed by atoms with Gasteiger partial charge in [-0.2, -0.15) is 0 Å². The monoisotopic (exact) mass is 337 g/mol. The number of hydrogen-bond donors (Lipinski definition) is 2. The number of hydrogen-bond acceptors (Lipinski definition) is 7. The van der Waals surface area contributed by atoms with Gasteiger partial charge in [0.25, 0.3) is 5.91 Å². The smallest absolute Gasteiger partial charge is 0.261 e. The Morgan fingerprint density at radius 3 is 3.04 bits per heavy atom. The fraction of sp³-hybridized carbons (Fsp3) is 0.625. The molecule has 2 unspecified atom stereocenters. The topological polar surface area (TPSA) is 95.4 Å². The van der Waals surface area contributed by atoms with Crippen molar-refractivity contribution in [1.29, 1.82) is 0 Å². The minimum absolute atomic E-state index is 0.0791. The normalized spacial score (nSPS) is 24.2. The molecule has 8 nitrogen and oxygen atoms in total. The van der Waals surface area contributed by atoms with E-state index in [1.807, 2.05) is 0 Å². The molecule has 0 aromatic carbocycles. The van der Waals surface area contributed by atoms with Gasteiger partial charge in [-0.15, -0.1) is 0 Å². The van der Waals surface area contributed by atoms with Crippen LogP contribution in [-0.2, 0) is 9.47 Å². The van der Waals surface area contributed by atoms with E-state index in [-0.39, 0.29) is 23.5 Å². The molecule has 1 saturated heterocycles. The largest absolute Gasteiger partial charge is 0.506 e. The van der Waals surface area contributed by atoms with Crippen LogP contribution in [0, 0.1) is 0 Å². The summed E-state index contributed by atoms with van der Waals surface area (Å²) < 4.78 is 11.1. The van der Waals surface area contributed by atoms with Gasteiger partial charge in [-0.1, -0.05) is 0 Å². The highest BCUT2D eigenvalue weighted by Crippen LogP contribution is 2.29. The van der Waals surface area contributed by atoms with Gasteiger partial charge < -0.3 is 24.6 Å². The second kappa shape index (κ2) is 7.33. The van der Waals surface area contributed by atoms with E-state index in [0.29, 0.717) is 25.4 Å². The zero-order chi connectivity index (χ0) is 17.1. The van der Waals surface area contributed by atoms with E-state index < -0.39 is 6.35 Å². The maximum atomic E-state index is 12.5. The van der Waals surface area contributed by atoms with Crippen molar-refractivity contribution in [1.82, 2.24) is 9.88 Å². The van der Waals surface area contributed by atoms with Crippen molar-refractivity contribution in [2.75, 3.05) is 31.7 Å². The molecule has 1 aromatic heterocycles. The lowest BCUT2D eigenvalue weighted by atomic mass is 10.1. The lowest BCUT2D eigenvalue weighted by Gasteiger charge is -2.39. The Bertz CT molecular complexity index is 591. The molecule has 0 aliphatic carbocycles. The minimum Gasteiger partial charge on any atom is -0.506 e. The van der Waals surface area contributed by atoms with Crippen LogP contribution in [-0.4, -0.2) is 65.5 Å². The van der Waals surface area contributed by atoms with Gasteiger partial charge in [0.15, 0.2) is 6.29 Å². The van der Waals surface area contributed by atoms with Crippen LogP contribution in [0.15, 0.2) is 12.3 Å². The number of ether oxygens (including phenoxy) is 2. The first-order valence-corrected chi connectivity index (χ1v) is 8.22. The summed E-state index contributed by atoms with van der Waals surface area (Å²) in [5.74, 6) is -0.0778. The van der Waals surface area contributed by atoms with Crippen LogP contribution in [0.1, 0.15) is 36.0 Å². The summed E-state index contributed by atoms with van der Waals surface area (Å²) in [6.45, 7) is 1.52. The minimum atomic E-state index is -1.09. The number of aliphatic hydroxyl groups excluding tert-OH is 1. The van der Waals surface area contributed by atoms with Crippen molar-refractivity contribution in [3.8, 4) is 5.75 Å². The van der Waals surface area contributed by atoms with E-state index in [2.05, 4.69) is 4.98 Å². The van der Waals surface area contributed by atoms with Crippen LogP contribution in [0.5, 0.6) is 5.75 Å². The van der Waals surface area contributed by atoms with Crippen LogP contribution in [0.4, 0.5) is 5.82 Å². The van der Waals surface area contributed by atoms with Gasteiger partial charge in [0.2, 0.25) is 6.35 Å². The molecule has 1 aromatic rings. The highest BCUT2D eigenvalue weighted by atomic mass is 16.7. The lowest BCUT2D eigenvalue weighted by molar-refractivity contribution is -0.163. The predicted molar refractivity (Wildman–Crippen MR) is 85.5 cm³/mol. The third-order valence-corrected chi connectivity index (χ3v) is 4.29. The average Bonchev–Trinajstić information content (AvgIpc) is 2.60. The molecule has 2 aliphatic rings. The Hall–Kier alpha value is -1.90. The maximum absolute atomic E-state index is 12.5. The Morgan fingerprint density at radius 1 is 1.46 bits per heavy atom. The molecule has 24 heavy (non-hydrogen) atoms. The van der Waals surface area contributed by atoms with Gasteiger partial charge in [0.05, 0.1) is 18.4 Å². The van der Waals surface area contributed by atoms with Crippen molar-refractivity contribution in [2.24, 2.45) is 0 Å². The van der Waals surface area contributed by atoms with Gasteiger partial charge in [-0.3, -0.25) is 9.69 Å². The Balaban J connectivity index is 1.58. The van der Waals surface area contributed by atoms with Crippen molar-refractivity contribution in [2.45, 2.75) is 38.3 Å². The van der Waals surface area contributed by atoms with Crippen LogP contribution in [0.25, 0.3) is 0 Å². The number of amides is 1. The van der Waals surface area contributed by atoms with E-state index in [4.69, 9.17) is 9.47 Å². The first-order chi connectivity index (χ1) is 11.6. The predicted octanol–water partition coefficient (Wildman–Crippen LogP) is 0.888. The average molecular weight is 337 g/mol. The molecule has 0 bridgehead atoms. The molecular formula is C16H23N3O5. The summed E-state index contributed by atoms with van der Waals surface area (Å²) in [4.78, 5) is 19.4. The molecule has 3 heterocycles. The molecule has 0 saturated carbocycles. The van der Waals surface area contributed by atoms with Crippen LogP contribution in [0.2, 0.25) is 0 Å². The summed E-state index contributed by atoms with van der Waals surface area (Å²) in [5, 5.41) is 19.9. The maximum Gasteiger partial charge on any atom is 0.261 e. The van der Waals surface area contributed by atoms with E-state index in [1.165, 1.54) is 22.1 Å². The SMILES string of the molecule is CN1c2ncc(O)cc2C(=O)N(CCCOC2CCCCO2)C1O. The van der Waals surface area contributed by atoms with Gasteiger partial charge in [-0.05, 0) is 31.7 Å². The Labute approximate surface area is 140 Å². The highest BCUT2D eigenvalue weighted by Gasteiger charge is 2.35. The summed E-state index contributed by atoms with van der Waals surface area (Å²) in [6.07, 6.45) is 3.65. The van der Waals surface area contributed by atoms with Gasteiger partial charge in [0, 0.05) is 20.2 Å². The van der Waals surface area contributed by atoms with E-state index in [0.717, 1.165) is 25.9 Å². The summed E-state index contributed by atoms with van der Waals surface area (Å²) >= 11 is 0. The number of aliphatic hydroxyl groups is 1. The second-order valence-corrected chi connectivity index (χ2v) is 6.04. The van der Waals surface area contributed by atoms with Gasteiger partial charge >= 0.3 is 0 Å². The third-order valence-electron chi connectivity index (χ3n) is 4.29. The lowest BCUT2D eigenvalue weighted by Crippen LogP contribution is -2.54. The molecule has 132 valence electrons. The first kappa shape index (κ1) is 16.9. The van der Waals surface area contributed by atoms with E-state index in [1.54, 1.807) is 7.05 Å². The summed E-state index contributed by atoms with van der Waals surface area (Å²) in [7, 11) is 1.65. The van der Waals surface area contributed by atoms with Crippen LogP contribution < -0.4 is 4.90 Å². The fourth-order valence-electron chi connectivity index (χ4n) is 2.97. The molecular weight excluding hydrogens is 314 g/mol. The fourth-order valence-corrected chi connectivity index (χ4v) is 2.97. The van der Waals surface area contributed by atoms with Crippen LogP contribution >= 0.6 is 0 Å². The molecule has 2 atom stereocenters. The van der Waals surface area contributed by atoms with Crippen molar-refractivity contribution < 1.29 is 24.5 Å². The number of nitrogens with zero attached hydrogens (tertiary/aromatic N) is 3. The zero-order valence-electron chi connectivity index (χ0n) is 13.7. The molecule has 2 N–H and O–H groups in total. The number of rotatable bonds is 5. The molecule has 2 aliphatic heterocycles. The summed E-state index contributed by atoms with van der Waals surface area (Å²) in [5.41, 5.74) is 0.277.